The minimum absolute atomic E-state index is 0.00288. The SMILES string of the molecule is CCOc1c(OC(C)=O)ccc(/C=C2\SC(=O)N(CCOc3cccc4ccccc34)C2=O)c1[N+](=O)[O-]. The standard InChI is InChI=1S/C26H22N2O8S/c1-3-34-24-21(36-16(2)29)12-11-18(23(24)28(32)33)15-22-25(30)27(26(31)37-22)13-14-35-20-10-6-8-17-7-4-5-9-19(17)20/h4-12,15H,3,13-14H2,1-2H3/b22-15-. The number of rotatable bonds is 9. The van der Waals surface area contributed by atoms with Gasteiger partial charge in [0.2, 0.25) is 5.75 Å². The summed E-state index contributed by atoms with van der Waals surface area (Å²) in [5, 5.41) is 13.3. The zero-order valence-electron chi connectivity index (χ0n) is 20.0. The lowest BCUT2D eigenvalue weighted by Gasteiger charge is -2.14. The van der Waals surface area contributed by atoms with E-state index in [1.165, 1.54) is 18.2 Å². The molecule has 3 aromatic carbocycles. The average Bonchev–Trinajstić information content (AvgIpc) is 3.12. The first-order valence-electron chi connectivity index (χ1n) is 11.3. The molecule has 37 heavy (non-hydrogen) atoms. The van der Waals surface area contributed by atoms with Crippen molar-refractivity contribution in [3.8, 4) is 17.2 Å². The lowest BCUT2D eigenvalue weighted by molar-refractivity contribution is -0.386. The summed E-state index contributed by atoms with van der Waals surface area (Å²) >= 11 is 0.674. The largest absolute Gasteiger partial charge is 0.491 e. The fourth-order valence-electron chi connectivity index (χ4n) is 3.79. The van der Waals surface area contributed by atoms with E-state index in [4.69, 9.17) is 14.2 Å². The van der Waals surface area contributed by atoms with Gasteiger partial charge in [-0.05, 0) is 48.3 Å². The molecule has 1 heterocycles. The number of nitrogens with zero attached hydrogens (tertiary/aromatic N) is 2. The van der Waals surface area contributed by atoms with Gasteiger partial charge >= 0.3 is 11.7 Å². The molecule has 0 unspecified atom stereocenters. The Morgan fingerprint density at radius 3 is 2.54 bits per heavy atom. The lowest BCUT2D eigenvalue weighted by atomic mass is 10.1. The second-order valence-corrected chi connectivity index (χ2v) is 8.77. The average molecular weight is 523 g/mol. The summed E-state index contributed by atoms with van der Waals surface area (Å²) < 4.78 is 16.3. The number of hydrogen-bond donors (Lipinski definition) is 0. The van der Waals surface area contributed by atoms with Gasteiger partial charge in [0.15, 0.2) is 5.75 Å². The molecular weight excluding hydrogens is 500 g/mol. The fraction of sp³-hybridized carbons (Fsp3) is 0.192. The van der Waals surface area contributed by atoms with E-state index in [1.54, 1.807) is 6.92 Å². The van der Waals surface area contributed by atoms with Gasteiger partial charge in [-0.15, -0.1) is 0 Å². The van der Waals surface area contributed by atoms with Gasteiger partial charge in [0.1, 0.15) is 12.4 Å². The van der Waals surface area contributed by atoms with Gasteiger partial charge < -0.3 is 14.2 Å². The van der Waals surface area contributed by atoms with Gasteiger partial charge in [-0.2, -0.15) is 0 Å². The maximum absolute atomic E-state index is 13.0. The number of fused-ring (bicyclic) bond motifs is 1. The molecule has 0 atom stereocenters. The van der Waals surface area contributed by atoms with Crippen LogP contribution in [-0.2, 0) is 9.59 Å². The number of hydrogen-bond acceptors (Lipinski definition) is 9. The first-order valence-corrected chi connectivity index (χ1v) is 12.1. The van der Waals surface area contributed by atoms with E-state index in [1.807, 2.05) is 42.5 Å². The van der Waals surface area contributed by atoms with Gasteiger partial charge in [-0.1, -0.05) is 36.4 Å². The van der Waals surface area contributed by atoms with E-state index in [0.29, 0.717) is 17.5 Å². The first kappa shape index (κ1) is 25.7. The summed E-state index contributed by atoms with van der Waals surface area (Å²) in [5.41, 5.74) is -0.450. The second kappa shape index (κ2) is 11.1. The maximum Gasteiger partial charge on any atom is 0.322 e. The van der Waals surface area contributed by atoms with Crippen molar-refractivity contribution in [1.29, 1.82) is 0 Å². The van der Waals surface area contributed by atoms with Crippen molar-refractivity contribution < 1.29 is 33.5 Å². The van der Waals surface area contributed by atoms with Crippen LogP contribution in [0.25, 0.3) is 16.8 Å². The molecule has 0 aromatic heterocycles. The van der Waals surface area contributed by atoms with E-state index >= 15 is 0 Å². The van der Waals surface area contributed by atoms with Crippen molar-refractivity contribution in [2.75, 3.05) is 19.8 Å². The zero-order valence-corrected chi connectivity index (χ0v) is 20.8. The summed E-state index contributed by atoms with van der Waals surface area (Å²) in [5.74, 6) is -0.980. The third-order valence-corrected chi connectivity index (χ3v) is 6.24. The predicted octanol–water partition coefficient (Wildman–Crippen LogP) is 5.19. The van der Waals surface area contributed by atoms with Crippen LogP contribution < -0.4 is 14.2 Å². The number of ether oxygens (including phenoxy) is 3. The smallest absolute Gasteiger partial charge is 0.322 e. The van der Waals surface area contributed by atoms with Crippen molar-refractivity contribution >= 4 is 51.4 Å². The Kier molecular flexibility index (Phi) is 7.73. The minimum atomic E-state index is -0.688. The molecule has 0 N–H and O–H groups in total. The molecule has 10 nitrogen and oxygen atoms in total. The first-order chi connectivity index (χ1) is 17.8. The molecule has 3 aromatic rings. The third kappa shape index (κ3) is 5.56. The van der Waals surface area contributed by atoms with Crippen LogP contribution in [0.5, 0.6) is 17.2 Å². The van der Waals surface area contributed by atoms with Crippen LogP contribution in [0.2, 0.25) is 0 Å². The van der Waals surface area contributed by atoms with Crippen LogP contribution in [0.15, 0.2) is 59.5 Å². The van der Waals surface area contributed by atoms with E-state index in [9.17, 15) is 24.5 Å². The summed E-state index contributed by atoms with van der Waals surface area (Å²) in [6, 6.07) is 16.0. The number of imide groups is 1. The summed E-state index contributed by atoms with van der Waals surface area (Å²) in [4.78, 5) is 49.2. The summed E-state index contributed by atoms with van der Waals surface area (Å²) in [6.07, 6.45) is 1.26. The highest BCUT2D eigenvalue weighted by atomic mass is 32.2. The van der Waals surface area contributed by atoms with Crippen LogP contribution >= 0.6 is 11.8 Å². The Balaban J connectivity index is 1.55. The highest BCUT2D eigenvalue weighted by Crippen LogP contribution is 2.42. The Bertz CT molecular complexity index is 1430. The number of esters is 1. The number of nitro groups is 1. The molecule has 1 saturated heterocycles. The predicted molar refractivity (Wildman–Crippen MR) is 138 cm³/mol. The van der Waals surface area contributed by atoms with E-state index in [2.05, 4.69) is 0 Å². The number of thioether (sulfide) groups is 1. The lowest BCUT2D eigenvalue weighted by Crippen LogP contribution is -2.32. The van der Waals surface area contributed by atoms with Crippen molar-refractivity contribution in [3.05, 3.63) is 75.2 Å². The maximum atomic E-state index is 13.0. The third-order valence-electron chi connectivity index (χ3n) is 5.33. The molecule has 190 valence electrons. The molecule has 0 aliphatic carbocycles. The molecule has 11 heteroatoms. The Morgan fingerprint density at radius 2 is 1.81 bits per heavy atom. The Morgan fingerprint density at radius 1 is 1.05 bits per heavy atom. The highest BCUT2D eigenvalue weighted by molar-refractivity contribution is 8.18. The molecule has 0 spiro atoms. The molecular formula is C26H22N2O8S. The van der Waals surface area contributed by atoms with E-state index < -0.39 is 27.7 Å². The normalized spacial score (nSPS) is 14.3. The Labute approximate surface area is 215 Å². The minimum Gasteiger partial charge on any atom is -0.491 e. The number of benzene rings is 3. The van der Waals surface area contributed by atoms with Crippen LogP contribution in [0, 0.1) is 10.1 Å². The Hall–Kier alpha value is -4.38. The van der Waals surface area contributed by atoms with Crippen LogP contribution in [0.1, 0.15) is 19.4 Å². The van der Waals surface area contributed by atoms with Gasteiger partial charge in [0.25, 0.3) is 11.1 Å². The number of carbonyl (C=O) groups excluding carboxylic acids is 3. The molecule has 1 aliphatic rings. The molecule has 0 bridgehead atoms. The van der Waals surface area contributed by atoms with Crippen molar-refractivity contribution in [2.24, 2.45) is 0 Å². The van der Waals surface area contributed by atoms with Gasteiger partial charge in [-0.3, -0.25) is 29.4 Å². The number of carbonyl (C=O) groups is 3. The van der Waals surface area contributed by atoms with Crippen molar-refractivity contribution in [3.63, 3.8) is 0 Å². The monoisotopic (exact) mass is 522 g/mol. The van der Waals surface area contributed by atoms with E-state index in [-0.39, 0.29) is 41.7 Å². The van der Waals surface area contributed by atoms with E-state index in [0.717, 1.165) is 22.6 Å². The molecule has 2 amide bonds. The van der Waals surface area contributed by atoms with Crippen molar-refractivity contribution in [1.82, 2.24) is 4.90 Å². The highest BCUT2D eigenvalue weighted by Gasteiger charge is 2.36. The summed E-state index contributed by atoms with van der Waals surface area (Å²) in [7, 11) is 0. The number of amides is 2. The van der Waals surface area contributed by atoms with Gasteiger partial charge in [-0.25, -0.2) is 0 Å². The van der Waals surface area contributed by atoms with Crippen LogP contribution in [0.3, 0.4) is 0 Å². The molecule has 1 fully saturated rings. The zero-order chi connectivity index (χ0) is 26.5. The summed E-state index contributed by atoms with van der Waals surface area (Å²) in [6.45, 7) is 2.94. The van der Waals surface area contributed by atoms with Crippen LogP contribution in [-0.4, -0.2) is 46.7 Å². The number of nitro benzene ring substituents is 1. The van der Waals surface area contributed by atoms with Crippen molar-refractivity contribution in [2.45, 2.75) is 13.8 Å². The molecule has 4 rings (SSSR count). The molecule has 1 aliphatic heterocycles. The van der Waals surface area contributed by atoms with Crippen LogP contribution in [0.4, 0.5) is 10.5 Å². The molecule has 0 saturated carbocycles. The van der Waals surface area contributed by atoms with Gasteiger partial charge in [0.05, 0.1) is 28.5 Å². The molecule has 0 radical (unpaired) electrons. The topological polar surface area (TPSA) is 125 Å². The fourth-order valence-corrected chi connectivity index (χ4v) is 4.65. The van der Waals surface area contributed by atoms with Gasteiger partial charge in [0, 0.05) is 12.3 Å². The second-order valence-electron chi connectivity index (χ2n) is 7.77. The quantitative estimate of drug-likeness (QED) is 0.123.